The van der Waals surface area contributed by atoms with E-state index in [0.717, 1.165) is 50.1 Å². The normalized spacial score (nSPS) is 21.7. The first-order chi connectivity index (χ1) is 18.5. The number of rotatable bonds is 5. The molecule has 2 fully saturated rings. The largest absolute Gasteiger partial charge is 0.369 e. The van der Waals surface area contributed by atoms with Crippen molar-refractivity contribution in [2.24, 2.45) is 10.2 Å². The number of benzene rings is 2. The molecule has 1 saturated heterocycles. The first-order valence-corrected chi connectivity index (χ1v) is 13.7. The number of hydrogen-bond donors (Lipinski definition) is 2. The summed E-state index contributed by atoms with van der Waals surface area (Å²) in [4.78, 5) is 31.3. The lowest BCUT2D eigenvalue weighted by atomic mass is 9.95. The van der Waals surface area contributed by atoms with Crippen molar-refractivity contribution >= 4 is 28.9 Å². The monoisotopic (exact) mass is 513 g/mol. The van der Waals surface area contributed by atoms with Crippen LogP contribution in [0, 0.1) is 0 Å². The zero-order chi connectivity index (χ0) is 26.2. The summed E-state index contributed by atoms with van der Waals surface area (Å²) >= 11 is 0. The third-order valence-electron chi connectivity index (χ3n) is 8.32. The van der Waals surface area contributed by atoms with Crippen LogP contribution >= 0.6 is 0 Å². The van der Waals surface area contributed by atoms with E-state index in [9.17, 15) is 9.59 Å². The Kier molecular flexibility index (Phi) is 6.71. The van der Waals surface area contributed by atoms with Crippen LogP contribution in [-0.4, -0.2) is 68.0 Å². The van der Waals surface area contributed by atoms with E-state index in [1.807, 2.05) is 36.3 Å². The van der Waals surface area contributed by atoms with Gasteiger partial charge in [-0.15, -0.1) is 0 Å². The number of carbonyl (C=O) groups excluding carboxylic acids is 2. The fraction of sp³-hybridized carbons (Fsp3) is 0.448. The van der Waals surface area contributed by atoms with Gasteiger partial charge in [0.15, 0.2) is 5.78 Å². The molecule has 38 heavy (non-hydrogen) atoms. The Hall–Kier alpha value is -3.56. The molecule has 2 aromatic carbocycles. The summed E-state index contributed by atoms with van der Waals surface area (Å²) in [5, 5.41) is 13.7. The Balaban J connectivity index is 1.20. The standard InChI is InChI=1S/C29H35N7O2/c1-34-15-17-36(18-16-34)21-13-11-19(12-14-21)26-25-27(32-31-26)22-9-6-10-23(24(22)28(25)37)30-29(38)33-35(2)20-7-4-3-5-8-20/h6,9-14,20,27H,3-5,7-8,15-18H2,1-2H3,(H2,30,33,38). The minimum atomic E-state index is -0.431. The number of fused-ring (bicyclic) bond motifs is 3. The molecule has 2 N–H and O–H groups in total. The number of hydrogen-bond acceptors (Lipinski definition) is 7. The number of nitrogens with one attached hydrogen (secondary N) is 2. The molecule has 9 heteroatoms. The summed E-state index contributed by atoms with van der Waals surface area (Å²) in [5.41, 5.74) is 8.00. The van der Waals surface area contributed by atoms with E-state index in [4.69, 9.17) is 0 Å². The van der Waals surface area contributed by atoms with Crippen LogP contribution in [0.25, 0.3) is 5.70 Å². The minimum absolute atomic E-state index is 0.121. The highest BCUT2D eigenvalue weighted by atomic mass is 16.2. The summed E-state index contributed by atoms with van der Waals surface area (Å²) in [6.45, 7) is 4.09. The van der Waals surface area contributed by atoms with Gasteiger partial charge in [0.05, 0.1) is 16.8 Å². The highest BCUT2D eigenvalue weighted by Gasteiger charge is 2.42. The molecular weight excluding hydrogens is 478 g/mol. The van der Waals surface area contributed by atoms with E-state index >= 15 is 0 Å². The Morgan fingerprint density at radius 1 is 1.00 bits per heavy atom. The van der Waals surface area contributed by atoms with Crippen molar-refractivity contribution in [2.75, 3.05) is 50.5 Å². The van der Waals surface area contributed by atoms with Gasteiger partial charge in [0, 0.05) is 50.5 Å². The molecule has 2 aliphatic carbocycles. The quantitative estimate of drug-likeness (QED) is 0.558. The number of carbonyl (C=O) groups is 2. The molecule has 1 atom stereocenters. The number of Topliss-reactive ketones (excluding diaryl/α,β-unsaturated/α-hetero) is 1. The van der Waals surface area contributed by atoms with Gasteiger partial charge in [-0.05, 0) is 43.7 Å². The number of urea groups is 1. The van der Waals surface area contributed by atoms with E-state index in [1.165, 1.54) is 24.9 Å². The molecule has 0 aromatic heterocycles. The summed E-state index contributed by atoms with van der Waals surface area (Å²) in [6.07, 6.45) is 5.79. The average Bonchev–Trinajstić information content (AvgIpc) is 3.50. The number of ketones is 1. The molecule has 1 saturated carbocycles. The number of piperazine rings is 1. The second kappa shape index (κ2) is 10.3. The maximum atomic E-state index is 13.7. The lowest BCUT2D eigenvalue weighted by molar-refractivity contribution is 0.103. The first kappa shape index (κ1) is 24.8. The Morgan fingerprint density at radius 2 is 1.74 bits per heavy atom. The molecule has 0 spiro atoms. The predicted octanol–water partition coefficient (Wildman–Crippen LogP) is 4.85. The van der Waals surface area contributed by atoms with Crippen LogP contribution in [0.3, 0.4) is 0 Å². The van der Waals surface area contributed by atoms with Crippen LogP contribution < -0.4 is 15.6 Å². The molecule has 2 aromatic rings. The number of nitrogens with zero attached hydrogens (tertiary/aromatic N) is 5. The molecule has 0 bridgehead atoms. The maximum absolute atomic E-state index is 13.7. The molecule has 198 valence electrons. The van der Waals surface area contributed by atoms with E-state index in [2.05, 4.69) is 50.0 Å². The van der Waals surface area contributed by atoms with E-state index < -0.39 is 6.04 Å². The van der Waals surface area contributed by atoms with Gasteiger partial charge in [0.1, 0.15) is 11.7 Å². The summed E-state index contributed by atoms with van der Waals surface area (Å²) in [5.74, 6) is -0.121. The molecule has 6 rings (SSSR count). The number of amides is 2. The number of azo groups is 1. The molecule has 2 aliphatic heterocycles. The Morgan fingerprint density at radius 3 is 2.47 bits per heavy atom. The Labute approximate surface area is 223 Å². The fourth-order valence-electron chi connectivity index (χ4n) is 6.07. The van der Waals surface area contributed by atoms with Crippen LogP contribution in [-0.2, 0) is 0 Å². The topological polar surface area (TPSA) is 92.6 Å². The molecular formula is C29H35N7O2. The van der Waals surface area contributed by atoms with Gasteiger partial charge in [0.2, 0.25) is 0 Å². The number of anilines is 2. The predicted molar refractivity (Wildman–Crippen MR) is 148 cm³/mol. The van der Waals surface area contributed by atoms with Crippen molar-refractivity contribution in [3.05, 3.63) is 64.7 Å². The number of hydrazine groups is 1. The van der Waals surface area contributed by atoms with Crippen molar-refractivity contribution in [1.29, 1.82) is 0 Å². The van der Waals surface area contributed by atoms with Crippen molar-refractivity contribution in [1.82, 2.24) is 15.3 Å². The van der Waals surface area contributed by atoms with Gasteiger partial charge < -0.3 is 15.1 Å². The van der Waals surface area contributed by atoms with Gasteiger partial charge >= 0.3 is 6.03 Å². The fourth-order valence-corrected chi connectivity index (χ4v) is 6.07. The lowest BCUT2D eigenvalue weighted by Gasteiger charge is -2.34. The minimum Gasteiger partial charge on any atom is -0.369 e. The van der Waals surface area contributed by atoms with Crippen LogP contribution in [0.15, 0.2) is 58.3 Å². The zero-order valence-corrected chi connectivity index (χ0v) is 22.1. The summed E-state index contributed by atoms with van der Waals surface area (Å²) in [6, 6.07) is 13.4. The second-order valence-corrected chi connectivity index (χ2v) is 10.8. The molecule has 1 unspecified atom stereocenters. The zero-order valence-electron chi connectivity index (χ0n) is 22.1. The van der Waals surface area contributed by atoms with Gasteiger partial charge in [-0.2, -0.15) is 10.2 Å². The molecule has 9 nitrogen and oxygen atoms in total. The first-order valence-electron chi connectivity index (χ1n) is 13.7. The van der Waals surface area contributed by atoms with Gasteiger partial charge in [-0.3, -0.25) is 10.2 Å². The Bertz CT molecular complexity index is 1290. The van der Waals surface area contributed by atoms with Gasteiger partial charge in [-0.25, -0.2) is 9.80 Å². The lowest BCUT2D eigenvalue weighted by Crippen LogP contribution is -2.48. The highest BCUT2D eigenvalue weighted by Crippen LogP contribution is 2.49. The van der Waals surface area contributed by atoms with Gasteiger partial charge in [0.25, 0.3) is 0 Å². The van der Waals surface area contributed by atoms with Crippen LogP contribution in [0.5, 0.6) is 0 Å². The van der Waals surface area contributed by atoms with Crippen molar-refractivity contribution in [3.8, 4) is 0 Å². The molecule has 2 heterocycles. The van der Waals surface area contributed by atoms with Crippen molar-refractivity contribution in [3.63, 3.8) is 0 Å². The third kappa shape index (κ3) is 4.61. The van der Waals surface area contributed by atoms with Gasteiger partial charge in [-0.1, -0.05) is 43.5 Å². The molecule has 2 amide bonds. The van der Waals surface area contributed by atoms with E-state index in [1.54, 1.807) is 6.07 Å². The van der Waals surface area contributed by atoms with Crippen LogP contribution in [0.2, 0.25) is 0 Å². The maximum Gasteiger partial charge on any atom is 0.333 e. The number of likely N-dealkylation sites (N-methyl/N-ethyl adjacent to an activating group) is 1. The van der Waals surface area contributed by atoms with Crippen molar-refractivity contribution in [2.45, 2.75) is 44.2 Å². The SMILES string of the molecule is CN1CCN(c2ccc(C3=C4C(=O)c5c(NC(=O)NN(C)C6CCCCC6)cccc5C4N=N3)cc2)CC1. The van der Waals surface area contributed by atoms with E-state index in [0.29, 0.717) is 28.6 Å². The summed E-state index contributed by atoms with van der Waals surface area (Å²) < 4.78 is 0. The molecule has 4 aliphatic rings. The molecule has 0 radical (unpaired) electrons. The smallest absolute Gasteiger partial charge is 0.333 e. The highest BCUT2D eigenvalue weighted by molar-refractivity contribution is 6.22. The second-order valence-electron chi connectivity index (χ2n) is 10.8. The van der Waals surface area contributed by atoms with Crippen LogP contribution in [0.4, 0.5) is 16.2 Å². The third-order valence-corrected chi connectivity index (χ3v) is 8.32. The van der Waals surface area contributed by atoms with E-state index in [-0.39, 0.29) is 11.8 Å². The average molecular weight is 514 g/mol. The van der Waals surface area contributed by atoms with Crippen molar-refractivity contribution < 1.29 is 9.59 Å². The van der Waals surface area contributed by atoms with Crippen LogP contribution in [0.1, 0.15) is 59.6 Å². The summed E-state index contributed by atoms with van der Waals surface area (Å²) in [7, 11) is 4.06.